The van der Waals surface area contributed by atoms with E-state index in [1.807, 2.05) is 25.1 Å². The summed E-state index contributed by atoms with van der Waals surface area (Å²) >= 11 is 0. The second kappa shape index (κ2) is 6.15. The highest BCUT2D eigenvalue weighted by molar-refractivity contribution is 5.52. The van der Waals surface area contributed by atoms with E-state index in [4.69, 9.17) is 4.74 Å². The van der Waals surface area contributed by atoms with Gasteiger partial charge in [-0.15, -0.1) is 0 Å². The quantitative estimate of drug-likeness (QED) is 0.861. The molecule has 0 aliphatic heterocycles. The molecule has 2 aromatic rings. The monoisotopic (exact) mass is 259 g/mol. The number of hydrogen-bond acceptors (Lipinski definition) is 5. The Labute approximate surface area is 112 Å². The zero-order valence-corrected chi connectivity index (χ0v) is 11.0. The molecule has 1 atom stereocenters. The SMILES string of the molecule is COc1ccc(NC(C)c2cnccn2)cc1CO. The van der Waals surface area contributed by atoms with Crippen molar-refractivity contribution < 1.29 is 9.84 Å². The summed E-state index contributed by atoms with van der Waals surface area (Å²) in [6.45, 7) is 1.95. The van der Waals surface area contributed by atoms with Crippen LogP contribution in [0.2, 0.25) is 0 Å². The Bertz CT molecular complexity index is 531. The number of nitrogens with one attached hydrogen (secondary N) is 1. The minimum atomic E-state index is -0.0573. The van der Waals surface area contributed by atoms with E-state index in [-0.39, 0.29) is 12.6 Å². The summed E-state index contributed by atoms with van der Waals surface area (Å²) in [6, 6.07) is 5.64. The van der Waals surface area contributed by atoms with Gasteiger partial charge in [0.2, 0.25) is 0 Å². The van der Waals surface area contributed by atoms with Gasteiger partial charge in [-0.2, -0.15) is 0 Å². The first kappa shape index (κ1) is 13.3. The highest BCUT2D eigenvalue weighted by atomic mass is 16.5. The number of anilines is 1. The van der Waals surface area contributed by atoms with Gasteiger partial charge in [-0.1, -0.05) is 0 Å². The van der Waals surface area contributed by atoms with Crippen molar-refractivity contribution in [2.75, 3.05) is 12.4 Å². The van der Waals surface area contributed by atoms with Crippen LogP contribution in [0.4, 0.5) is 5.69 Å². The Morgan fingerprint density at radius 1 is 1.37 bits per heavy atom. The largest absolute Gasteiger partial charge is 0.496 e. The van der Waals surface area contributed by atoms with Crippen LogP contribution in [0.1, 0.15) is 24.2 Å². The molecule has 2 rings (SSSR count). The van der Waals surface area contributed by atoms with Crippen molar-refractivity contribution in [1.29, 1.82) is 0 Å². The van der Waals surface area contributed by atoms with E-state index in [9.17, 15) is 5.11 Å². The summed E-state index contributed by atoms with van der Waals surface area (Å²) < 4.78 is 5.17. The third-order valence-electron chi connectivity index (χ3n) is 2.86. The average Bonchev–Trinajstić information content (AvgIpc) is 2.48. The molecule has 0 aliphatic rings. The average molecular weight is 259 g/mol. The summed E-state index contributed by atoms with van der Waals surface area (Å²) in [6.07, 6.45) is 5.04. The van der Waals surface area contributed by atoms with Gasteiger partial charge in [-0.25, -0.2) is 0 Å². The van der Waals surface area contributed by atoms with E-state index >= 15 is 0 Å². The number of methoxy groups -OCH3 is 1. The minimum Gasteiger partial charge on any atom is -0.496 e. The van der Waals surface area contributed by atoms with Crippen molar-refractivity contribution in [3.05, 3.63) is 48.0 Å². The van der Waals surface area contributed by atoms with E-state index in [1.165, 1.54) is 0 Å². The zero-order valence-electron chi connectivity index (χ0n) is 11.0. The second-order valence-corrected chi connectivity index (χ2v) is 4.18. The molecule has 1 heterocycles. The van der Waals surface area contributed by atoms with Gasteiger partial charge in [-0.05, 0) is 25.1 Å². The smallest absolute Gasteiger partial charge is 0.124 e. The number of nitrogens with zero attached hydrogens (tertiary/aromatic N) is 2. The molecule has 0 spiro atoms. The van der Waals surface area contributed by atoms with Crippen molar-refractivity contribution in [2.24, 2.45) is 0 Å². The zero-order chi connectivity index (χ0) is 13.7. The lowest BCUT2D eigenvalue weighted by Gasteiger charge is -2.16. The summed E-state index contributed by atoms with van der Waals surface area (Å²) in [5, 5.41) is 12.6. The van der Waals surface area contributed by atoms with E-state index in [2.05, 4.69) is 15.3 Å². The fourth-order valence-corrected chi connectivity index (χ4v) is 1.85. The third-order valence-corrected chi connectivity index (χ3v) is 2.86. The summed E-state index contributed by atoms with van der Waals surface area (Å²) in [7, 11) is 1.59. The maximum Gasteiger partial charge on any atom is 0.124 e. The molecule has 0 aliphatic carbocycles. The van der Waals surface area contributed by atoms with Crippen LogP contribution in [0.5, 0.6) is 5.75 Å². The van der Waals surface area contributed by atoms with Crippen molar-refractivity contribution >= 4 is 5.69 Å². The van der Waals surface area contributed by atoms with Crippen LogP contribution < -0.4 is 10.1 Å². The van der Waals surface area contributed by atoms with Gasteiger partial charge < -0.3 is 15.2 Å². The van der Waals surface area contributed by atoms with Crippen LogP contribution in [0.15, 0.2) is 36.8 Å². The predicted molar refractivity (Wildman–Crippen MR) is 73.0 cm³/mol. The molecule has 2 N–H and O–H groups in total. The van der Waals surface area contributed by atoms with Gasteiger partial charge in [-0.3, -0.25) is 9.97 Å². The highest BCUT2D eigenvalue weighted by Crippen LogP contribution is 2.24. The fourth-order valence-electron chi connectivity index (χ4n) is 1.85. The standard InChI is InChI=1S/C14H17N3O2/c1-10(13-8-15-5-6-16-13)17-12-3-4-14(19-2)11(7-12)9-18/h3-8,10,17-18H,9H2,1-2H3. The first-order valence-corrected chi connectivity index (χ1v) is 6.05. The van der Waals surface area contributed by atoms with Crippen LogP contribution in [0.3, 0.4) is 0 Å². The number of benzene rings is 1. The Hall–Kier alpha value is -2.14. The Kier molecular flexibility index (Phi) is 4.30. The van der Waals surface area contributed by atoms with E-state index in [0.717, 1.165) is 16.9 Å². The molecule has 100 valence electrons. The molecule has 5 nitrogen and oxygen atoms in total. The lowest BCUT2D eigenvalue weighted by Crippen LogP contribution is -2.09. The summed E-state index contributed by atoms with van der Waals surface area (Å²) in [5.74, 6) is 0.681. The fraction of sp³-hybridized carbons (Fsp3) is 0.286. The maximum absolute atomic E-state index is 9.30. The number of aliphatic hydroxyl groups is 1. The van der Waals surface area contributed by atoms with Gasteiger partial charge in [0, 0.05) is 23.6 Å². The summed E-state index contributed by atoms with van der Waals surface area (Å²) in [5.41, 5.74) is 2.52. The number of ether oxygens (including phenoxy) is 1. The van der Waals surface area contributed by atoms with Crippen molar-refractivity contribution in [3.63, 3.8) is 0 Å². The molecule has 1 aromatic heterocycles. The number of hydrogen-bond donors (Lipinski definition) is 2. The normalized spacial score (nSPS) is 11.9. The first-order valence-electron chi connectivity index (χ1n) is 6.05. The van der Waals surface area contributed by atoms with E-state index in [1.54, 1.807) is 25.7 Å². The predicted octanol–water partition coefficient (Wildman–Crippen LogP) is 2.15. The molecule has 0 radical (unpaired) electrons. The third kappa shape index (κ3) is 3.20. The highest BCUT2D eigenvalue weighted by Gasteiger charge is 2.08. The van der Waals surface area contributed by atoms with Crippen LogP contribution >= 0.6 is 0 Å². The van der Waals surface area contributed by atoms with Gasteiger partial charge >= 0.3 is 0 Å². The molecule has 0 fully saturated rings. The number of aliphatic hydroxyl groups excluding tert-OH is 1. The first-order chi connectivity index (χ1) is 9.24. The summed E-state index contributed by atoms with van der Waals surface area (Å²) in [4.78, 5) is 8.30. The van der Waals surface area contributed by atoms with Gasteiger partial charge in [0.25, 0.3) is 0 Å². The molecule has 1 aromatic carbocycles. The molecular formula is C14H17N3O2. The Morgan fingerprint density at radius 3 is 2.84 bits per heavy atom. The maximum atomic E-state index is 9.30. The van der Waals surface area contributed by atoms with Gasteiger partial charge in [0.05, 0.1) is 31.6 Å². The number of rotatable bonds is 5. The van der Waals surface area contributed by atoms with Crippen molar-refractivity contribution in [2.45, 2.75) is 19.6 Å². The van der Waals surface area contributed by atoms with E-state index < -0.39 is 0 Å². The van der Waals surface area contributed by atoms with E-state index in [0.29, 0.717) is 5.75 Å². The van der Waals surface area contributed by atoms with Crippen LogP contribution in [0, 0.1) is 0 Å². The van der Waals surface area contributed by atoms with Gasteiger partial charge in [0.15, 0.2) is 0 Å². The lowest BCUT2D eigenvalue weighted by molar-refractivity contribution is 0.274. The second-order valence-electron chi connectivity index (χ2n) is 4.18. The van der Waals surface area contributed by atoms with Crippen LogP contribution in [-0.4, -0.2) is 22.2 Å². The lowest BCUT2D eigenvalue weighted by atomic mass is 10.1. The molecule has 0 bridgehead atoms. The van der Waals surface area contributed by atoms with Crippen molar-refractivity contribution in [3.8, 4) is 5.75 Å². The Morgan fingerprint density at radius 2 is 2.21 bits per heavy atom. The molecule has 5 heteroatoms. The minimum absolute atomic E-state index is 0.0358. The number of aromatic nitrogens is 2. The van der Waals surface area contributed by atoms with Crippen LogP contribution in [0.25, 0.3) is 0 Å². The molecule has 0 saturated heterocycles. The molecular weight excluding hydrogens is 242 g/mol. The topological polar surface area (TPSA) is 67.3 Å². The molecule has 1 unspecified atom stereocenters. The van der Waals surface area contributed by atoms with Crippen LogP contribution in [-0.2, 0) is 6.61 Å². The molecule has 0 amide bonds. The molecule has 19 heavy (non-hydrogen) atoms. The molecule has 0 saturated carbocycles. The van der Waals surface area contributed by atoms with Crippen molar-refractivity contribution in [1.82, 2.24) is 9.97 Å². The van der Waals surface area contributed by atoms with Gasteiger partial charge in [0.1, 0.15) is 5.75 Å². The Balaban J connectivity index is 2.15.